The van der Waals surface area contributed by atoms with Crippen LogP contribution < -0.4 is 0 Å². The van der Waals surface area contributed by atoms with Crippen LogP contribution in [0, 0.1) is 12.7 Å². The number of rotatable bonds is 2. The normalized spacial score (nSPS) is 28.0. The molecule has 1 aliphatic carbocycles. The zero-order valence-corrected chi connectivity index (χ0v) is 13.5. The van der Waals surface area contributed by atoms with E-state index in [1.54, 1.807) is 19.2 Å². The van der Waals surface area contributed by atoms with Crippen LogP contribution in [0.1, 0.15) is 30.4 Å². The molecule has 3 nitrogen and oxygen atoms in total. The van der Waals surface area contributed by atoms with Crippen molar-refractivity contribution in [1.82, 2.24) is 9.88 Å². The zero-order valence-electron chi connectivity index (χ0n) is 13.5. The number of aromatic nitrogens is 1. The van der Waals surface area contributed by atoms with Crippen molar-refractivity contribution < 1.29 is 13.2 Å². The maximum Gasteiger partial charge on any atom is 0.155 e. The van der Waals surface area contributed by atoms with Gasteiger partial charge in [0.05, 0.1) is 6.20 Å². The summed E-state index contributed by atoms with van der Waals surface area (Å²) >= 11 is 0. The van der Waals surface area contributed by atoms with E-state index < -0.39 is 18.2 Å². The van der Waals surface area contributed by atoms with E-state index in [0.717, 1.165) is 19.0 Å². The number of allylic oxidation sites excluding steroid dienone is 2. The van der Waals surface area contributed by atoms with Crippen molar-refractivity contribution in [3.05, 3.63) is 53.8 Å². The third kappa shape index (κ3) is 3.68. The Bertz CT molecular complexity index is 680. The van der Waals surface area contributed by atoms with Crippen molar-refractivity contribution in [2.75, 3.05) is 6.54 Å². The molecule has 1 aromatic rings. The monoisotopic (exact) mass is 335 g/mol. The Morgan fingerprint density at radius 3 is 2.62 bits per heavy atom. The Kier molecular flexibility index (Phi) is 5.02. The van der Waals surface area contributed by atoms with Gasteiger partial charge in [0.15, 0.2) is 12.3 Å². The van der Waals surface area contributed by atoms with Crippen LogP contribution >= 0.6 is 0 Å². The minimum absolute atomic E-state index is 0.182. The number of hydrogen-bond acceptors (Lipinski definition) is 3. The molecule has 0 aromatic carbocycles. The average molecular weight is 335 g/mol. The summed E-state index contributed by atoms with van der Waals surface area (Å²) in [5.74, 6) is 0.160. The smallest absolute Gasteiger partial charge is 0.155 e. The summed E-state index contributed by atoms with van der Waals surface area (Å²) in [4.78, 5) is 10.3. The van der Waals surface area contributed by atoms with Gasteiger partial charge >= 0.3 is 0 Å². The number of hydrogen-bond donors (Lipinski definition) is 0. The van der Waals surface area contributed by atoms with Gasteiger partial charge in [-0.3, -0.25) is 9.98 Å². The first-order valence-electron chi connectivity index (χ1n) is 8.14. The highest BCUT2D eigenvalue weighted by molar-refractivity contribution is 6.00. The van der Waals surface area contributed by atoms with E-state index >= 15 is 0 Å². The zero-order chi connectivity index (χ0) is 17.1. The maximum absolute atomic E-state index is 13.9. The minimum Gasteiger partial charge on any atom is -0.330 e. The fourth-order valence-corrected chi connectivity index (χ4v) is 2.61. The molecule has 1 aromatic heterocycles. The number of alkyl halides is 2. The van der Waals surface area contributed by atoms with E-state index in [2.05, 4.69) is 9.98 Å². The van der Waals surface area contributed by atoms with Crippen LogP contribution in [0.3, 0.4) is 0 Å². The lowest BCUT2D eigenvalue weighted by Gasteiger charge is -2.24. The van der Waals surface area contributed by atoms with E-state index in [9.17, 15) is 13.2 Å². The van der Waals surface area contributed by atoms with Crippen LogP contribution in [0.25, 0.3) is 0 Å². The molecule has 0 amide bonds. The molecule has 3 rings (SSSR count). The van der Waals surface area contributed by atoms with Gasteiger partial charge in [0, 0.05) is 30.5 Å². The van der Waals surface area contributed by atoms with E-state index in [1.165, 1.54) is 18.4 Å². The molecule has 0 N–H and O–H groups in total. The molecule has 24 heavy (non-hydrogen) atoms. The fraction of sp³-hybridized carbons (Fsp3) is 0.444. The lowest BCUT2D eigenvalue weighted by molar-refractivity contribution is 0.246. The van der Waals surface area contributed by atoms with E-state index in [1.807, 2.05) is 4.90 Å². The van der Waals surface area contributed by atoms with Gasteiger partial charge in [0.2, 0.25) is 0 Å². The molecular formula is C18H20F3N3. The van der Waals surface area contributed by atoms with Gasteiger partial charge in [0.1, 0.15) is 11.7 Å². The van der Waals surface area contributed by atoms with Crippen LogP contribution in [0.4, 0.5) is 13.2 Å². The molecule has 1 saturated carbocycles. The number of halogens is 3. The van der Waals surface area contributed by atoms with Gasteiger partial charge in [0.25, 0.3) is 0 Å². The molecular weight excluding hydrogens is 315 g/mol. The van der Waals surface area contributed by atoms with Crippen molar-refractivity contribution in [1.29, 1.82) is 0 Å². The Morgan fingerprint density at radius 2 is 1.88 bits per heavy atom. The first-order valence-corrected chi connectivity index (χ1v) is 8.14. The van der Waals surface area contributed by atoms with Gasteiger partial charge in [-0.1, -0.05) is 12.2 Å². The van der Waals surface area contributed by atoms with E-state index in [0.29, 0.717) is 29.9 Å². The Labute approximate surface area is 139 Å². The summed E-state index contributed by atoms with van der Waals surface area (Å²) < 4.78 is 41.6. The molecule has 128 valence electrons. The Balaban J connectivity index is 2.02. The highest BCUT2D eigenvalue weighted by atomic mass is 19.2. The number of pyridine rings is 1. The molecule has 6 heteroatoms. The molecule has 0 saturated heterocycles. The first kappa shape index (κ1) is 16.7. The highest BCUT2D eigenvalue weighted by Crippen LogP contribution is 2.30. The van der Waals surface area contributed by atoms with Gasteiger partial charge in [-0.15, -0.1) is 0 Å². The molecule has 0 radical (unpaired) electrons. The molecule has 1 fully saturated rings. The van der Waals surface area contributed by atoms with Crippen molar-refractivity contribution in [2.24, 2.45) is 4.99 Å². The van der Waals surface area contributed by atoms with Gasteiger partial charge in [-0.25, -0.2) is 13.2 Å². The summed E-state index contributed by atoms with van der Waals surface area (Å²) in [6, 6.07) is 0.182. The average Bonchev–Trinajstić information content (AvgIpc) is 3.39. The summed E-state index contributed by atoms with van der Waals surface area (Å²) in [7, 11) is 0. The van der Waals surface area contributed by atoms with Crippen molar-refractivity contribution >= 4 is 5.84 Å². The second kappa shape index (κ2) is 7.20. The van der Waals surface area contributed by atoms with Crippen molar-refractivity contribution in [3.63, 3.8) is 0 Å². The predicted octanol–water partition coefficient (Wildman–Crippen LogP) is 3.89. The third-order valence-electron chi connectivity index (χ3n) is 4.19. The molecule has 2 heterocycles. The predicted molar refractivity (Wildman–Crippen MR) is 87.9 cm³/mol. The largest absolute Gasteiger partial charge is 0.330 e. The third-order valence-corrected chi connectivity index (χ3v) is 4.19. The lowest BCUT2D eigenvalue weighted by atomic mass is 10.1. The summed E-state index contributed by atoms with van der Waals surface area (Å²) in [6.45, 7) is 2.09. The number of amidine groups is 1. The highest BCUT2D eigenvalue weighted by Gasteiger charge is 2.32. The van der Waals surface area contributed by atoms with Crippen LogP contribution in [0.15, 0.2) is 41.8 Å². The molecule has 0 bridgehead atoms. The molecule has 2 atom stereocenters. The number of aliphatic imine (C=N–C) groups is 1. The van der Waals surface area contributed by atoms with Crippen LogP contribution in [0.2, 0.25) is 0 Å². The van der Waals surface area contributed by atoms with Crippen molar-refractivity contribution in [3.8, 4) is 0 Å². The first-order chi connectivity index (χ1) is 11.6. The molecule has 2 unspecified atom stereocenters. The Morgan fingerprint density at radius 1 is 1.12 bits per heavy atom. The summed E-state index contributed by atoms with van der Waals surface area (Å²) in [5.41, 5.74) is 1.04. The SMILES string of the molecule is Cc1c(F)cncc1C1=NCC/C=C/C(F)C(F)/C=C/N1C1CC1. The van der Waals surface area contributed by atoms with Gasteiger partial charge < -0.3 is 4.90 Å². The minimum atomic E-state index is -1.71. The molecule has 1 aliphatic heterocycles. The molecule has 0 spiro atoms. The second-order valence-electron chi connectivity index (χ2n) is 6.08. The molecule has 2 aliphatic rings. The standard InChI is InChI=1S/C18H20F3N3/c1-12-14(10-22-11-17(12)21)18-23-8-3-2-4-15(19)16(20)7-9-24(18)13-5-6-13/h2,4,7,9-11,13,15-16H,3,5-6,8H2,1H3/b4-2+,9-7+,23-18?. The summed E-state index contributed by atoms with van der Waals surface area (Å²) in [6.07, 6.45) is 7.30. The quantitative estimate of drug-likeness (QED) is 0.767. The lowest BCUT2D eigenvalue weighted by Crippen LogP contribution is -2.30. The van der Waals surface area contributed by atoms with Crippen LogP contribution in [-0.2, 0) is 0 Å². The van der Waals surface area contributed by atoms with Gasteiger partial charge in [-0.05, 0) is 37.8 Å². The fourth-order valence-electron chi connectivity index (χ4n) is 2.61. The van der Waals surface area contributed by atoms with Gasteiger partial charge in [-0.2, -0.15) is 0 Å². The van der Waals surface area contributed by atoms with Crippen LogP contribution in [0.5, 0.6) is 0 Å². The number of nitrogens with zero attached hydrogens (tertiary/aromatic N) is 3. The van der Waals surface area contributed by atoms with Crippen molar-refractivity contribution in [2.45, 2.75) is 44.6 Å². The van der Waals surface area contributed by atoms with Crippen LogP contribution in [-0.4, -0.2) is 40.6 Å². The Hall–Kier alpha value is -2.11. The topological polar surface area (TPSA) is 28.5 Å². The van der Waals surface area contributed by atoms with E-state index in [4.69, 9.17) is 0 Å². The van der Waals surface area contributed by atoms with E-state index in [-0.39, 0.29) is 6.04 Å². The summed E-state index contributed by atoms with van der Waals surface area (Å²) in [5, 5.41) is 0. The second-order valence-corrected chi connectivity index (χ2v) is 6.08. The maximum atomic E-state index is 13.9.